The second-order valence-electron chi connectivity index (χ2n) is 36.8. The fourth-order valence-electron chi connectivity index (χ4n) is 22.4. The van der Waals surface area contributed by atoms with Crippen molar-refractivity contribution in [3.05, 3.63) is 461 Å². The van der Waals surface area contributed by atoms with Crippen molar-refractivity contribution in [2.45, 2.75) is 0 Å². The van der Waals surface area contributed by atoms with Gasteiger partial charge in [0.25, 0.3) is 0 Å². The maximum Gasteiger partial charge on any atom is 0.165 e. The topological polar surface area (TPSA) is 77.3 Å². The van der Waals surface area contributed by atoms with Gasteiger partial charge in [-0.1, -0.05) is 400 Å². The fourth-order valence-corrected chi connectivity index (χ4v) is 26.2. The van der Waals surface area contributed by atoms with Crippen LogP contribution in [0.25, 0.3) is 304 Å². The van der Waals surface area contributed by atoms with Crippen molar-refractivity contribution in [3.8, 4) is 146 Å². The van der Waals surface area contributed by atoms with Gasteiger partial charge in [0.15, 0.2) is 23.3 Å². The van der Waals surface area contributed by atoms with Crippen LogP contribution in [0.3, 0.4) is 0 Å². The second-order valence-corrected chi connectivity index (χ2v) is 40.0. The molecule has 0 N–H and O–H groups in total. The van der Waals surface area contributed by atoms with Gasteiger partial charge in [0.2, 0.25) is 0 Å². The molecule has 652 valence electrons. The van der Waals surface area contributed by atoms with Gasteiger partial charge in [-0.3, -0.25) is 0 Å². The molecule has 0 atom stereocenters. The van der Waals surface area contributed by atoms with Gasteiger partial charge in [0, 0.05) is 105 Å². The number of pyridine rings is 1. The Kier molecular flexibility index (Phi) is 18.6. The summed E-state index contributed by atoms with van der Waals surface area (Å²) in [5.41, 5.74) is 22.2. The van der Waals surface area contributed by atoms with E-state index in [-0.39, 0.29) is 0 Å². The first-order valence-corrected chi connectivity index (χ1v) is 50.3. The first kappa shape index (κ1) is 80.6. The number of rotatable bonds is 13. The zero-order chi connectivity index (χ0) is 92.4. The fraction of sp³-hybridized carbons (Fsp3) is 0. The highest BCUT2D eigenvalue weighted by atomic mass is 32.1. The lowest BCUT2D eigenvalue weighted by molar-refractivity contribution is 1.08. The molecule has 0 fully saturated rings. The molecule has 0 bridgehead atoms. The number of benzene rings is 23. The van der Waals surface area contributed by atoms with E-state index in [0.29, 0.717) is 23.3 Å². The predicted octanol–water partition coefficient (Wildman–Crippen LogP) is 37.2. The molecular formula is C132H76N6S3. The minimum absolute atomic E-state index is 0.564. The van der Waals surface area contributed by atoms with Crippen molar-refractivity contribution in [1.82, 2.24) is 29.9 Å². The molecule has 6 heterocycles. The van der Waals surface area contributed by atoms with Gasteiger partial charge in [0.05, 0.1) is 22.8 Å². The molecule has 29 rings (SSSR count). The molecule has 0 amide bonds. The summed E-state index contributed by atoms with van der Waals surface area (Å²) < 4.78 is 7.74. The van der Waals surface area contributed by atoms with Gasteiger partial charge in [-0.2, -0.15) is 0 Å². The van der Waals surface area contributed by atoms with Crippen LogP contribution in [0.2, 0.25) is 0 Å². The van der Waals surface area contributed by atoms with Crippen LogP contribution < -0.4 is 0 Å². The number of aromatic nitrogens is 6. The summed E-state index contributed by atoms with van der Waals surface area (Å²) in [5, 5.41) is 28.7. The van der Waals surface area contributed by atoms with E-state index in [9.17, 15) is 0 Å². The summed E-state index contributed by atoms with van der Waals surface area (Å²) in [4.78, 5) is 33.9. The maximum atomic E-state index is 5.85. The lowest BCUT2D eigenvalue weighted by Crippen LogP contribution is -2.01. The number of hydrogen-bond acceptors (Lipinski definition) is 9. The van der Waals surface area contributed by atoms with E-state index in [4.69, 9.17) is 29.9 Å². The molecule has 0 radical (unpaired) electrons. The Labute approximate surface area is 822 Å². The third kappa shape index (κ3) is 13.3. The van der Waals surface area contributed by atoms with Gasteiger partial charge >= 0.3 is 0 Å². The molecule has 0 aliphatic heterocycles. The molecule has 0 unspecified atom stereocenters. The van der Waals surface area contributed by atoms with Crippen LogP contribution in [0.15, 0.2) is 461 Å². The molecule has 0 saturated carbocycles. The summed E-state index contributed by atoms with van der Waals surface area (Å²) in [6, 6.07) is 168. The lowest BCUT2D eigenvalue weighted by atomic mass is 9.87. The monoisotopic (exact) mass is 1840 g/mol. The van der Waals surface area contributed by atoms with Crippen LogP contribution in [-0.2, 0) is 0 Å². The van der Waals surface area contributed by atoms with Gasteiger partial charge in [-0.15, -0.1) is 34.0 Å². The summed E-state index contributed by atoms with van der Waals surface area (Å²) in [6.45, 7) is 0. The molecule has 29 aromatic rings. The molecule has 6 aromatic heterocycles. The average Bonchev–Trinajstić information content (AvgIpc) is 1.05. The SMILES string of the molecule is c1ccc(-c2nc(-c3cccc(-c4cccc(-c5cc(-c6cccc(-c7cccc(-c8cccc(-c9c%10ccccc%10c(-c%10ccc%11c(c%10)sc%10c%12ccccc%12ccc%11%10)c%10ccccc9%10)n8)c7)c6)nc(-c6c7ccccc7c(-c7ccc8c(c7)sc7c9ccccc9ccc87)c7ccccc67)n5)c4)c3)nc(-c3c4ccccc4c(-c4ccc5c(c4)sc4c6ccccc6ccc54)c4ccccc34)n2)cc1. The maximum absolute atomic E-state index is 5.85. The first-order valence-electron chi connectivity index (χ1n) is 47.8. The zero-order valence-electron chi connectivity index (χ0n) is 75.8. The first-order chi connectivity index (χ1) is 69.9. The Bertz CT molecular complexity index is 10200. The van der Waals surface area contributed by atoms with Crippen LogP contribution in [0.1, 0.15) is 0 Å². The molecule has 23 aromatic carbocycles. The Hall–Kier alpha value is -17.7. The van der Waals surface area contributed by atoms with Crippen LogP contribution in [0.4, 0.5) is 0 Å². The van der Waals surface area contributed by atoms with Gasteiger partial charge in [-0.25, -0.2) is 29.9 Å². The minimum Gasteiger partial charge on any atom is -0.248 e. The third-order valence-electron chi connectivity index (χ3n) is 28.9. The molecule has 0 aliphatic rings. The minimum atomic E-state index is 0.564. The molecule has 141 heavy (non-hydrogen) atoms. The van der Waals surface area contributed by atoms with Gasteiger partial charge in [-0.05, 0) is 213 Å². The number of hydrogen-bond donors (Lipinski definition) is 0. The van der Waals surface area contributed by atoms with E-state index in [1.807, 2.05) is 52.2 Å². The molecule has 0 saturated heterocycles. The van der Waals surface area contributed by atoms with Gasteiger partial charge < -0.3 is 0 Å². The van der Waals surface area contributed by atoms with Crippen LogP contribution in [0, 0.1) is 0 Å². The molecule has 6 nitrogen and oxygen atoms in total. The summed E-state index contributed by atoms with van der Waals surface area (Å²) in [6.07, 6.45) is 0. The van der Waals surface area contributed by atoms with Crippen molar-refractivity contribution < 1.29 is 0 Å². The number of fused-ring (bicyclic) bond motifs is 21. The van der Waals surface area contributed by atoms with Crippen LogP contribution in [-0.4, -0.2) is 29.9 Å². The van der Waals surface area contributed by atoms with E-state index in [0.717, 1.165) is 155 Å². The largest absolute Gasteiger partial charge is 0.248 e. The lowest BCUT2D eigenvalue weighted by Gasteiger charge is -2.18. The van der Waals surface area contributed by atoms with Crippen molar-refractivity contribution in [1.29, 1.82) is 0 Å². The average molecular weight is 1840 g/mol. The third-order valence-corrected chi connectivity index (χ3v) is 32.5. The van der Waals surface area contributed by atoms with Crippen molar-refractivity contribution in [3.63, 3.8) is 0 Å². The van der Waals surface area contributed by atoms with Crippen molar-refractivity contribution in [2.75, 3.05) is 0 Å². The standard InChI is InChI=1S/C132H76N6S3/c1-2-30-80(31-3-1)129-136-130(138-132(137-129)125-108-53-20-14-47-102(108)122(103-48-15-21-54-109(103)125)90-62-65-97-112-68-59-79-29-6-9-42-94(79)128(112)141-119(97)75-90)91-39-25-35-84(72-91)83-34-24-38-87(71-83)116-76-115(134-131(135-116)124-106-51-18-12-45-100(106)121(101-46-13-19-52-107(101)124)89-61-64-96-111-67-58-78-28-5-8-41-93(78)127(111)140-118(96)74-89)86-37-23-33-82(70-86)81-32-22-36-85(69-81)113-55-26-56-114(133-113)123-104-49-16-10-43-98(104)120(99-44-11-17-50-105(99)123)88-60-63-95-110-66-57-77-27-4-7-40-92(77)126(110)139-117(95)73-88/h1-76H. The van der Waals surface area contributed by atoms with E-state index >= 15 is 0 Å². The van der Waals surface area contributed by atoms with E-state index in [2.05, 4.69) is 443 Å². The van der Waals surface area contributed by atoms with Crippen LogP contribution >= 0.6 is 34.0 Å². The highest BCUT2D eigenvalue weighted by Gasteiger charge is 2.28. The van der Waals surface area contributed by atoms with Crippen LogP contribution in [0.5, 0.6) is 0 Å². The Balaban J connectivity index is 0.555. The van der Waals surface area contributed by atoms with E-state index < -0.39 is 0 Å². The normalized spacial score (nSPS) is 12.0. The van der Waals surface area contributed by atoms with Crippen molar-refractivity contribution >= 4 is 191 Å². The predicted molar refractivity (Wildman–Crippen MR) is 600 cm³/mol. The summed E-state index contributed by atoms with van der Waals surface area (Å²) >= 11 is 5.64. The Morgan fingerprint density at radius 3 is 0.759 bits per heavy atom. The molecular weight excluding hydrogens is 1770 g/mol. The van der Waals surface area contributed by atoms with E-state index in [1.54, 1.807) is 0 Å². The Morgan fingerprint density at radius 1 is 0.121 bits per heavy atom. The zero-order valence-corrected chi connectivity index (χ0v) is 78.2. The highest BCUT2D eigenvalue weighted by molar-refractivity contribution is 7.27. The number of nitrogens with zero attached hydrogens (tertiary/aromatic N) is 6. The van der Waals surface area contributed by atoms with Crippen molar-refractivity contribution in [2.24, 2.45) is 0 Å². The summed E-state index contributed by atoms with van der Waals surface area (Å²) in [7, 11) is 0. The Morgan fingerprint density at radius 2 is 0.383 bits per heavy atom. The van der Waals surface area contributed by atoms with Gasteiger partial charge in [0.1, 0.15) is 0 Å². The quantitative estimate of drug-likeness (QED) is 0.107. The van der Waals surface area contributed by atoms with E-state index in [1.165, 1.54) is 126 Å². The smallest absolute Gasteiger partial charge is 0.165 e. The summed E-state index contributed by atoms with van der Waals surface area (Å²) in [5.74, 6) is 2.36. The second kappa shape index (κ2) is 32.5. The molecule has 9 heteroatoms. The molecule has 0 spiro atoms. The highest BCUT2D eigenvalue weighted by Crippen LogP contribution is 2.53. The molecule has 0 aliphatic carbocycles. The number of thiophene rings is 3.